The Morgan fingerprint density at radius 3 is 0.524 bits per heavy atom. The van der Waals surface area contributed by atoms with E-state index in [0.29, 0.717) is 0 Å². The number of hydrogen-bond donors (Lipinski definition) is 0. The normalized spacial score (nSPS) is 12.6. The summed E-state index contributed by atoms with van der Waals surface area (Å²) in [7, 11) is 0. The fourth-order valence-corrected chi connectivity index (χ4v) is 10.3. The second kappa shape index (κ2) is 26.6. The van der Waals surface area contributed by atoms with Gasteiger partial charge in [-0.15, -0.1) is 0 Å². The topological polar surface area (TPSA) is 0 Å². The van der Waals surface area contributed by atoms with Crippen LogP contribution in [0.25, 0.3) is 94.6 Å². The highest BCUT2D eigenvalue weighted by Crippen LogP contribution is 2.54. The van der Waals surface area contributed by atoms with E-state index in [1.165, 1.54) is 0 Å². The molecule has 0 saturated carbocycles. The Labute approximate surface area is 538 Å². The highest BCUT2D eigenvalue weighted by Gasteiger charge is 2.46. The van der Waals surface area contributed by atoms with Crippen molar-refractivity contribution in [3.63, 3.8) is 0 Å². The van der Waals surface area contributed by atoms with E-state index in [2.05, 4.69) is 0 Å². The molecule has 9 aromatic carbocycles. The largest absolute Gasteiger partial charge is 0.212 e. The minimum Gasteiger partial charge on any atom is -0.212 e. The third kappa shape index (κ3) is 10.8. The number of rotatable bonds is 11. The van der Waals surface area contributed by atoms with Crippen LogP contribution in [0.2, 0.25) is 0 Å². The molecule has 0 amide bonds. The lowest BCUT2D eigenvalue weighted by Gasteiger charge is -2.23. The van der Waals surface area contributed by atoms with Crippen molar-refractivity contribution in [2.24, 2.45) is 0 Å². The van der Waals surface area contributed by atoms with Crippen molar-refractivity contribution in [3.05, 3.63) is 250 Å². The van der Waals surface area contributed by atoms with Crippen LogP contribution in [0.15, 0.2) is 29.6 Å². The summed E-state index contributed by atoms with van der Waals surface area (Å²) in [4.78, 5) is 0. The van der Waals surface area contributed by atoms with Gasteiger partial charge in [0.15, 0.2) is 175 Å². The molecule has 0 aromatic heterocycles. The minimum atomic E-state index is -4.22. The van der Waals surface area contributed by atoms with Crippen LogP contribution in [-0.2, 0) is 0 Å². The summed E-state index contributed by atoms with van der Waals surface area (Å²) >= 11 is 0. The Balaban J connectivity index is 1.58. The first-order chi connectivity index (χ1) is 47.7. The maximum Gasteiger partial charge on any atom is 0.200 e. The van der Waals surface area contributed by atoms with Gasteiger partial charge in [-0.1, -0.05) is 0 Å². The van der Waals surface area contributed by atoms with Crippen LogP contribution in [0, 0.1) is 216 Å². The van der Waals surface area contributed by atoms with Crippen LogP contribution < -0.4 is 0 Å². The Kier molecular flexibility index (Phi) is 19.8. The zero-order valence-electron chi connectivity index (χ0n) is 47.6. The van der Waals surface area contributed by atoms with Gasteiger partial charge in [-0.3, -0.25) is 0 Å². The van der Waals surface area contributed by atoms with Gasteiger partial charge in [0.05, 0.1) is 89.0 Å². The highest BCUT2D eigenvalue weighted by atomic mass is 19.2. The van der Waals surface area contributed by atoms with E-state index in [1.54, 1.807) is 0 Å². The molecule has 9 rings (SSSR count). The second-order valence-corrected chi connectivity index (χ2v) is 20.3. The molecule has 0 saturated heterocycles. The molecule has 0 aliphatic rings. The standard InChI is InChI=1S/C62H7F41/c1-4-7(9-47(88)54(95)60(101)55(96)48(9)89)33(74)36(77)10(24(4)65)11-27(68)12(29(70)15(28(11)69)18-39(80)43(84)20(44(85)40(18)81)22-49(90)56(97)61(102)57(98)50(22)91)13-30(71)14(17-37(78)34(75)8(35(76)38(17)79)5(2)25(66)53(94)26(67)6(64)3-63)32(73)16(31(13)72)19-41(82)45(86)21(46(87)42(19)83)23-51(92)58(99)62(103)59(100)52(23)93/h3H,1-2H3/b6-3-,25-5-,53-26-. The molecule has 0 atom stereocenters. The number of halogens is 41. The third-order valence-corrected chi connectivity index (χ3v) is 15.0. The second-order valence-electron chi connectivity index (χ2n) is 20.3. The highest BCUT2D eigenvalue weighted by molar-refractivity contribution is 5.92. The van der Waals surface area contributed by atoms with Crippen LogP contribution in [-0.4, -0.2) is 0 Å². The molecule has 41 heteroatoms. The lowest BCUT2D eigenvalue weighted by molar-refractivity contribution is 0.379. The zero-order valence-corrected chi connectivity index (χ0v) is 47.6. The van der Waals surface area contributed by atoms with Crippen LogP contribution in [0.3, 0.4) is 0 Å². The molecule has 0 N–H and O–H groups in total. The molecule has 0 aliphatic heterocycles. The van der Waals surface area contributed by atoms with Gasteiger partial charge in [-0.2, -0.15) is 0 Å². The van der Waals surface area contributed by atoms with E-state index in [4.69, 9.17) is 0 Å². The first kappa shape index (κ1) is 76.5. The smallest absolute Gasteiger partial charge is 0.200 e. The minimum absolute atomic E-state index is 0.303. The number of allylic oxidation sites excluding steroid dienone is 5. The van der Waals surface area contributed by atoms with Crippen molar-refractivity contribution < 1.29 is 180 Å². The zero-order chi connectivity index (χ0) is 77.8. The van der Waals surface area contributed by atoms with Gasteiger partial charge >= 0.3 is 0 Å². The molecule has 0 unspecified atom stereocenters. The first-order valence-corrected chi connectivity index (χ1v) is 25.8. The van der Waals surface area contributed by atoms with E-state index in [9.17, 15) is 57.1 Å². The van der Waals surface area contributed by atoms with Crippen LogP contribution in [0.1, 0.15) is 18.1 Å². The summed E-state index contributed by atoms with van der Waals surface area (Å²) in [6, 6.07) is 0. The quantitative estimate of drug-likeness (QED) is 0.0524. The Hall–Kier alpha value is -10.7. The van der Waals surface area contributed by atoms with E-state index >= 15 is 123 Å². The van der Waals surface area contributed by atoms with Gasteiger partial charge < -0.3 is 0 Å². The molecular weight excluding hydrogens is 1520 g/mol. The predicted molar refractivity (Wildman–Crippen MR) is 266 cm³/mol. The summed E-state index contributed by atoms with van der Waals surface area (Å²) in [6.45, 7) is -0.641. The summed E-state index contributed by atoms with van der Waals surface area (Å²) in [6.07, 6.45) is -1.51. The Morgan fingerprint density at radius 2 is 0.320 bits per heavy atom. The molecule has 0 bridgehead atoms. The van der Waals surface area contributed by atoms with Gasteiger partial charge in [0.2, 0.25) is 17.5 Å². The SMILES string of the molecule is C\C(=C(F)/C(F)=C(F)\C(F)=C\F)c1c(F)c(F)c(-c2c(F)c(-c3c(F)c(F)c(-c4c(F)c(F)c(F)c(F)c4F)c(F)c3F)c(F)c(-c3c(F)c(-c4c(F)c(C)c(-c5c(F)c(F)c(F)c(F)c5F)c(F)c4F)c(F)c(-c4c(F)c(F)c(-c5c(F)c(F)c(F)c(F)c5F)c(F)c4F)c3F)c2F)c(F)c1F. The van der Waals surface area contributed by atoms with Gasteiger partial charge in [-0.05, 0) is 19.4 Å². The number of hydrogen-bond acceptors (Lipinski definition) is 0. The van der Waals surface area contributed by atoms with Crippen molar-refractivity contribution in [2.75, 3.05) is 0 Å². The summed E-state index contributed by atoms with van der Waals surface area (Å²) in [5.74, 6) is -145. The Bertz CT molecular complexity index is 5100. The van der Waals surface area contributed by atoms with Crippen molar-refractivity contribution in [1.82, 2.24) is 0 Å². The van der Waals surface area contributed by atoms with E-state index in [1.807, 2.05) is 0 Å². The third-order valence-electron chi connectivity index (χ3n) is 15.0. The van der Waals surface area contributed by atoms with E-state index in [0.717, 1.165) is 0 Å². The van der Waals surface area contributed by atoms with Crippen molar-refractivity contribution in [2.45, 2.75) is 13.8 Å². The lowest BCUT2D eigenvalue weighted by Crippen LogP contribution is -2.15. The first-order valence-electron chi connectivity index (χ1n) is 25.8. The maximum atomic E-state index is 18.0. The molecule has 542 valence electrons. The fourth-order valence-electron chi connectivity index (χ4n) is 10.3. The fraction of sp³-hybridized carbons (Fsp3) is 0.0323. The molecule has 0 radical (unpaired) electrons. The van der Waals surface area contributed by atoms with Crippen LogP contribution in [0.5, 0.6) is 0 Å². The average Bonchev–Trinajstić information content (AvgIpc) is 0.708. The van der Waals surface area contributed by atoms with E-state index in [-0.39, 0.29) is 13.8 Å². The monoisotopic (exact) mass is 1530 g/mol. The molecular formula is C62H7F41. The van der Waals surface area contributed by atoms with Gasteiger partial charge in [0.25, 0.3) is 0 Å². The summed E-state index contributed by atoms with van der Waals surface area (Å²) < 4.78 is 644. The maximum absolute atomic E-state index is 18.0. The molecule has 9 aromatic rings. The van der Waals surface area contributed by atoms with Crippen molar-refractivity contribution in [3.8, 4) is 89.0 Å². The van der Waals surface area contributed by atoms with E-state index < -0.39 is 345 Å². The molecule has 103 heavy (non-hydrogen) atoms. The van der Waals surface area contributed by atoms with Crippen LogP contribution >= 0.6 is 0 Å². The molecule has 0 fully saturated rings. The van der Waals surface area contributed by atoms with Crippen molar-refractivity contribution in [1.29, 1.82) is 0 Å². The molecule has 0 spiro atoms. The molecule has 0 heterocycles. The molecule has 0 nitrogen and oxygen atoms in total. The van der Waals surface area contributed by atoms with Gasteiger partial charge in [0, 0.05) is 11.1 Å². The van der Waals surface area contributed by atoms with Crippen LogP contribution in [0.4, 0.5) is 180 Å². The van der Waals surface area contributed by atoms with Crippen molar-refractivity contribution >= 4 is 5.57 Å². The summed E-state index contributed by atoms with van der Waals surface area (Å²) in [5.41, 5.74) is -64.0. The summed E-state index contributed by atoms with van der Waals surface area (Å²) in [5, 5.41) is 0. The average molecular weight is 1530 g/mol. The lowest BCUT2D eigenvalue weighted by atomic mass is 9.84. The van der Waals surface area contributed by atoms with Gasteiger partial charge in [0.1, 0.15) is 47.1 Å². The Morgan fingerprint density at radius 1 is 0.175 bits per heavy atom. The number of benzene rings is 9. The predicted octanol–water partition coefficient (Wildman–Crippen LogP) is 24.0. The molecule has 0 aliphatic carbocycles. The van der Waals surface area contributed by atoms with Gasteiger partial charge in [-0.25, -0.2) is 180 Å².